The average Bonchev–Trinajstić information content (AvgIpc) is 2.41. The molecule has 1 aromatic carbocycles. The smallest absolute Gasteiger partial charge is 0.287 e. The number of nitro groups is 1. The van der Waals surface area contributed by atoms with Gasteiger partial charge in [-0.15, -0.1) is 0 Å². The Balaban J connectivity index is 2.39. The van der Waals surface area contributed by atoms with Gasteiger partial charge in [0, 0.05) is 23.2 Å². The molecule has 0 N–H and O–H groups in total. The number of hydrogen-bond acceptors (Lipinski definition) is 4. The Morgan fingerprint density at radius 3 is 2.79 bits per heavy atom. The zero-order valence-corrected chi connectivity index (χ0v) is 12.7. The van der Waals surface area contributed by atoms with Crippen LogP contribution >= 0.6 is 31.9 Å². The number of alkyl halides is 1. The molecule has 0 spiro atoms. The van der Waals surface area contributed by atoms with Crippen LogP contribution in [0.4, 0.5) is 5.69 Å². The highest BCUT2D eigenvalue weighted by Crippen LogP contribution is 2.36. The molecular weight excluding hydrogens is 380 g/mol. The zero-order chi connectivity index (χ0) is 13.8. The lowest BCUT2D eigenvalue weighted by Gasteiger charge is -2.09. The van der Waals surface area contributed by atoms with Gasteiger partial charge in [-0.1, -0.05) is 28.1 Å². The van der Waals surface area contributed by atoms with Gasteiger partial charge in [0.05, 0.1) is 4.92 Å². The Hall–Kier alpha value is -1.47. The Bertz CT molecular complexity index is 620. The molecule has 0 radical (unpaired) electrons. The second-order valence-corrected chi connectivity index (χ2v) is 4.90. The molecule has 0 amide bonds. The first-order valence-corrected chi connectivity index (χ1v) is 7.15. The van der Waals surface area contributed by atoms with Crippen LogP contribution in [-0.2, 0) is 5.33 Å². The van der Waals surface area contributed by atoms with E-state index in [2.05, 4.69) is 36.8 Å². The fraction of sp³-hybridized carbons (Fsp3) is 0.0833. The van der Waals surface area contributed by atoms with Gasteiger partial charge in [-0.3, -0.25) is 10.1 Å². The van der Waals surface area contributed by atoms with Crippen LogP contribution < -0.4 is 4.74 Å². The molecule has 2 aromatic rings. The third-order valence-electron chi connectivity index (χ3n) is 2.34. The van der Waals surface area contributed by atoms with E-state index >= 15 is 0 Å². The van der Waals surface area contributed by atoms with Crippen LogP contribution in [-0.4, -0.2) is 9.91 Å². The lowest BCUT2D eigenvalue weighted by molar-refractivity contribution is -0.385. The van der Waals surface area contributed by atoms with E-state index in [0.717, 1.165) is 5.56 Å². The molecular formula is C12H8Br2N2O3. The molecule has 2 rings (SSSR count). The molecule has 0 bridgehead atoms. The van der Waals surface area contributed by atoms with E-state index in [-0.39, 0.29) is 5.69 Å². The molecule has 0 unspecified atom stereocenters. The van der Waals surface area contributed by atoms with Gasteiger partial charge in [0.1, 0.15) is 4.47 Å². The summed E-state index contributed by atoms with van der Waals surface area (Å²) >= 11 is 6.52. The van der Waals surface area contributed by atoms with Crippen molar-refractivity contribution in [1.82, 2.24) is 4.98 Å². The van der Waals surface area contributed by atoms with Crippen LogP contribution in [0.2, 0.25) is 0 Å². The summed E-state index contributed by atoms with van der Waals surface area (Å²) in [5.41, 5.74) is 0.815. The first-order chi connectivity index (χ1) is 9.13. The van der Waals surface area contributed by atoms with Crippen LogP contribution in [0.3, 0.4) is 0 Å². The summed E-state index contributed by atoms with van der Waals surface area (Å²) in [5, 5.41) is 11.4. The number of pyridine rings is 1. The van der Waals surface area contributed by atoms with Crippen LogP contribution in [0.25, 0.3) is 0 Å². The number of benzene rings is 1. The Labute approximate surface area is 126 Å². The molecule has 0 saturated carbocycles. The Kier molecular flexibility index (Phi) is 4.49. The van der Waals surface area contributed by atoms with Crippen molar-refractivity contribution in [2.75, 3.05) is 0 Å². The third-order valence-corrected chi connectivity index (χ3v) is 3.74. The minimum absolute atomic E-state index is 0.0474. The quantitative estimate of drug-likeness (QED) is 0.442. The summed E-state index contributed by atoms with van der Waals surface area (Å²) in [6.07, 6.45) is 1.60. The molecule has 0 aliphatic heterocycles. The minimum atomic E-state index is -0.471. The molecule has 0 aliphatic rings. The van der Waals surface area contributed by atoms with E-state index in [1.807, 2.05) is 6.07 Å². The molecule has 1 heterocycles. The SMILES string of the molecule is O=[N+]([O-])c1cccc(Oc2ncccc2CBr)c1Br. The van der Waals surface area contributed by atoms with Gasteiger partial charge in [0.25, 0.3) is 5.69 Å². The maximum absolute atomic E-state index is 10.8. The average molecular weight is 388 g/mol. The first kappa shape index (κ1) is 14.0. The second-order valence-electron chi connectivity index (χ2n) is 3.55. The van der Waals surface area contributed by atoms with E-state index in [4.69, 9.17) is 4.74 Å². The summed E-state index contributed by atoms with van der Waals surface area (Å²) in [7, 11) is 0. The highest BCUT2D eigenvalue weighted by Gasteiger charge is 2.17. The van der Waals surface area contributed by atoms with Crippen LogP contribution in [0.1, 0.15) is 5.56 Å². The van der Waals surface area contributed by atoms with Gasteiger partial charge >= 0.3 is 0 Å². The monoisotopic (exact) mass is 386 g/mol. The van der Waals surface area contributed by atoms with Crippen LogP contribution in [0.5, 0.6) is 11.6 Å². The van der Waals surface area contributed by atoms with Crippen molar-refractivity contribution < 1.29 is 9.66 Å². The van der Waals surface area contributed by atoms with Crippen molar-refractivity contribution in [3.63, 3.8) is 0 Å². The molecule has 0 saturated heterocycles. The maximum atomic E-state index is 10.8. The fourth-order valence-corrected chi connectivity index (χ4v) is 2.36. The molecule has 0 atom stereocenters. The Morgan fingerprint density at radius 2 is 2.11 bits per heavy atom. The predicted molar refractivity (Wildman–Crippen MR) is 77.7 cm³/mol. The van der Waals surface area contributed by atoms with Crippen molar-refractivity contribution in [3.05, 3.63) is 56.7 Å². The Morgan fingerprint density at radius 1 is 1.32 bits per heavy atom. The van der Waals surface area contributed by atoms with Crippen molar-refractivity contribution in [3.8, 4) is 11.6 Å². The number of rotatable bonds is 4. The molecule has 98 valence electrons. The van der Waals surface area contributed by atoms with E-state index in [1.54, 1.807) is 24.4 Å². The highest BCUT2D eigenvalue weighted by atomic mass is 79.9. The normalized spacial score (nSPS) is 10.2. The topological polar surface area (TPSA) is 65.3 Å². The second kappa shape index (κ2) is 6.12. The van der Waals surface area contributed by atoms with Gasteiger partial charge in [0.15, 0.2) is 5.75 Å². The lowest BCUT2D eigenvalue weighted by atomic mass is 10.3. The van der Waals surface area contributed by atoms with Crippen molar-refractivity contribution in [2.45, 2.75) is 5.33 Å². The molecule has 5 nitrogen and oxygen atoms in total. The fourth-order valence-electron chi connectivity index (χ4n) is 1.44. The highest BCUT2D eigenvalue weighted by molar-refractivity contribution is 9.10. The number of nitrogens with zero attached hydrogens (tertiary/aromatic N) is 2. The summed E-state index contributed by atoms with van der Waals surface area (Å²) in [6.45, 7) is 0. The molecule has 1 aromatic heterocycles. The number of hydrogen-bond donors (Lipinski definition) is 0. The van der Waals surface area contributed by atoms with Crippen molar-refractivity contribution in [1.29, 1.82) is 0 Å². The number of ether oxygens (including phenoxy) is 1. The predicted octanol–water partition coefficient (Wildman–Crippen LogP) is 4.44. The summed E-state index contributed by atoms with van der Waals surface area (Å²) < 4.78 is 5.93. The maximum Gasteiger partial charge on any atom is 0.287 e. The molecule has 19 heavy (non-hydrogen) atoms. The lowest BCUT2D eigenvalue weighted by Crippen LogP contribution is -1.95. The van der Waals surface area contributed by atoms with Crippen molar-refractivity contribution in [2.24, 2.45) is 0 Å². The number of aromatic nitrogens is 1. The number of halogens is 2. The van der Waals surface area contributed by atoms with Gasteiger partial charge in [-0.2, -0.15) is 0 Å². The standard InChI is InChI=1S/C12H8Br2N2O3/c13-7-8-3-2-6-15-12(8)19-10-5-1-4-9(11(10)14)16(17)18/h1-6H,7H2. The van der Waals surface area contributed by atoms with E-state index in [0.29, 0.717) is 21.4 Å². The molecule has 0 aliphatic carbocycles. The van der Waals surface area contributed by atoms with Gasteiger partial charge < -0.3 is 4.74 Å². The van der Waals surface area contributed by atoms with Gasteiger partial charge in [-0.25, -0.2) is 4.98 Å². The van der Waals surface area contributed by atoms with Gasteiger partial charge in [-0.05, 0) is 28.1 Å². The summed E-state index contributed by atoms with van der Waals surface area (Å²) in [6, 6.07) is 8.27. The van der Waals surface area contributed by atoms with E-state index in [1.165, 1.54) is 6.07 Å². The zero-order valence-electron chi connectivity index (χ0n) is 9.55. The van der Waals surface area contributed by atoms with E-state index < -0.39 is 4.92 Å². The number of nitro benzene ring substituents is 1. The summed E-state index contributed by atoms with van der Waals surface area (Å²) in [5.74, 6) is 0.774. The third kappa shape index (κ3) is 3.10. The first-order valence-electron chi connectivity index (χ1n) is 5.24. The molecule has 7 heteroatoms. The van der Waals surface area contributed by atoms with E-state index in [9.17, 15) is 10.1 Å². The largest absolute Gasteiger partial charge is 0.437 e. The van der Waals surface area contributed by atoms with Crippen LogP contribution in [0, 0.1) is 10.1 Å². The van der Waals surface area contributed by atoms with Crippen molar-refractivity contribution >= 4 is 37.5 Å². The van der Waals surface area contributed by atoms with Crippen LogP contribution in [0.15, 0.2) is 41.0 Å². The van der Waals surface area contributed by atoms with Gasteiger partial charge in [0.2, 0.25) is 5.88 Å². The summed E-state index contributed by atoms with van der Waals surface area (Å²) in [4.78, 5) is 14.5. The molecule has 0 fully saturated rings. The minimum Gasteiger partial charge on any atom is -0.437 e.